The maximum absolute atomic E-state index is 4.00. The van der Waals surface area contributed by atoms with Gasteiger partial charge in [-0.2, -0.15) is 0 Å². The van der Waals surface area contributed by atoms with Crippen molar-refractivity contribution < 1.29 is 0 Å². The molecule has 0 unspecified atom stereocenters. The van der Waals surface area contributed by atoms with E-state index >= 15 is 0 Å². The van der Waals surface area contributed by atoms with Crippen LogP contribution >= 0.6 is 0 Å². The molecule has 15 heavy (non-hydrogen) atoms. The van der Waals surface area contributed by atoms with Crippen LogP contribution < -0.4 is 5.32 Å². The van der Waals surface area contributed by atoms with Gasteiger partial charge in [0.1, 0.15) is 0 Å². The second-order valence-electron chi connectivity index (χ2n) is 4.21. The lowest BCUT2D eigenvalue weighted by atomic mass is 10.1. The molecule has 0 spiro atoms. The first-order valence-corrected chi connectivity index (χ1v) is 5.70. The highest BCUT2D eigenvalue weighted by molar-refractivity contribution is 5.67. The highest BCUT2D eigenvalue weighted by Gasteiger charge is 2.14. The van der Waals surface area contributed by atoms with Crippen LogP contribution in [0.3, 0.4) is 0 Å². The van der Waals surface area contributed by atoms with Gasteiger partial charge in [0.25, 0.3) is 0 Å². The summed E-state index contributed by atoms with van der Waals surface area (Å²) in [6, 6.07) is 8.08. The zero-order chi connectivity index (χ0) is 10.5. The van der Waals surface area contributed by atoms with Crippen molar-refractivity contribution in [2.24, 2.45) is 10.9 Å². The van der Waals surface area contributed by atoms with E-state index in [9.17, 15) is 0 Å². The van der Waals surface area contributed by atoms with E-state index in [1.54, 1.807) is 0 Å². The van der Waals surface area contributed by atoms with Crippen molar-refractivity contribution in [2.45, 2.75) is 25.7 Å². The molecule has 1 N–H and O–H groups in total. The number of nitrogens with zero attached hydrogens (tertiary/aromatic N) is 1. The second-order valence-corrected chi connectivity index (χ2v) is 4.21. The molecule has 0 atom stereocenters. The molecule has 0 bridgehead atoms. The normalized spacial score (nSPS) is 16.5. The van der Waals surface area contributed by atoms with Crippen LogP contribution in [0, 0.1) is 5.92 Å². The molecular formula is C13H18N2. The summed E-state index contributed by atoms with van der Waals surface area (Å²) in [6.07, 6.45) is 5.54. The third kappa shape index (κ3) is 2.58. The Kier molecular flexibility index (Phi) is 3.38. The third-order valence-electron chi connectivity index (χ3n) is 3.13. The van der Waals surface area contributed by atoms with Gasteiger partial charge in [-0.1, -0.05) is 25.0 Å². The molecule has 1 saturated carbocycles. The Morgan fingerprint density at radius 3 is 2.73 bits per heavy atom. The molecule has 80 valence electrons. The average Bonchev–Trinajstić information content (AvgIpc) is 2.79. The molecule has 0 aromatic heterocycles. The monoisotopic (exact) mass is 202 g/mol. The Labute approximate surface area is 91.4 Å². The van der Waals surface area contributed by atoms with Gasteiger partial charge in [-0.25, -0.2) is 0 Å². The van der Waals surface area contributed by atoms with E-state index in [0.717, 1.165) is 23.8 Å². The number of nitrogens with one attached hydrogen (secondary N) is 1. The van der Waals surface area contributed by atoms with Gasteiger partial charge in [0.15, 0.2) is 0 Å². The smallest absolute Gasteiger partial charge is 0.0853 e. The molecule has 0 saturated heterocycles. The Bertz CT molecular complexity index is 327. The first-order chi connectivity index (χ1) is 7.40. The molecular weight excluding hydrogens is 184 g/mol. The summed E-state index contributed by atoms with van der Waals surface area (Å²) in [5.74, 6) is 0.850. The number of rotatable bonds is 4. The first-order valence-electron chi connectivity index (χ1n) is 5.70. The molecule has 0 heterocycles. The predicted molar refractivity (Wildman–Crippen MR) is 66.1 cm³/mol. The van der Waals surface area contributed by atoms with Crippen molar-refractivity contribution in [3.05, 3.63) is 24.3 Å². The fourth-order valence-electron chi connectivity index (χ4n) is 2.23. The first kappa shape index (κ1) is 10.2. The number of benzene rings is 1. The Morgan fingerprint density at radius 2 is 2.00 bits per heavy atom. The predicted octanol–water partition coefficient (Wildman–Crippen LogP) is 3.62. The van der Waals surface area contributed by atoms with Crippen molar-refractivity contribution in [3.63, 3.8) is 0 Å². The number of anilines is 1. The van der Waals surface area contributed by atoms with Crippen molar-refractivity contribution in [3.8, 4) is 0 Å². The maximum atomic E-state index is 4.00. The van der Waals surface area contributed by atoms with E-state index in [-0.39, 0.29) is 0 Å². The fourth-order valence-corrected chi connectivity index (χ4v) is 2.23. The minimum Gasteiger partial charge on any atom is -0.383 e. The second kappa shape index (κ2) is 4.96. The van der Waals surface area contributed by atoms with Gasteiger partial charge in [-0.15, -0.1) is 0 Å². The minimum absolute atomic E-state index is 0.850. The van der Waals surface area contributed by atoms with E-state index in [1.807, 2.05) is 18.2 Å². The van der Waals surface area contributed by atoms with Crippen LogP contribution in [-0.4, -0.2) is 13.3 Å². The standard InChI is InChI=1S/C13H18N2/c1-14-12-8-4-5-9-13(12)15-10-11-6-2-3-7-11/h4-5,8-9,11,15H,1-3,6-7,10H2. The van der Waals surface area contributed by atoms with Crippen molar-refractivity contribution in [1.29, 1.82) is 0 Å². The Hall–Kier alpha value is -1.31. The third-order valence-corrected chi connectivity index (χ3v) is 3.13. The van der Waals surface area contributed by atoms with Crippen LogP contribution in [0.4, 0.5) is 11.4 Å². The molecule has 1 aromatic carbocycles. The molecule has 2 heteroatoms. The Morgan fingerprint density at radius 1 is 1.27 bits per heavy atom. The van der Waals surface area contributed by atoms with Crippen molar-refractivity contribution in [1.82, 2.24) is 0 Å². The minimum atomic E-state index is 0.850. The molecule has 1 aliphatic rings. The lowest BCUT2D eigenvalue weighted by Gasteiger charge is -2.13. The van der Waals surface area contributed by atoms with Crippen LogP contribution in [0.2, 0.25) is 0 Å². The van der Waals surface area contributed by atoms with Gasteiger partial charge in [0.2, 0.25) is 0 Å². The summed E-state index contributed by atoms with van der Waals surface area (Å²) in [7, 11) is 0. The van der Waals surface area contributed by atoms with E-state index in [2.05, 4.69) is 23.1 Å². The summed E-state index contributed by atoms with van der Waals surface area (Å²) < 4.78 is 0. The summed E-state index contributed by atoms with van der Waals surface area (Å²) in [5.41, 5.74) is 2.06. The molecule has 1 aliphatic carbocycles. The number of para-hydroxylation sites is 2. The van der Waals surface area contributed by atoms with Crippen LogP contribution in [0.25, 0.3) is 0 Å². The lowest BCUT2D eigenvalue weighted by Crippen LogP contribution is -2.10. The molecule has 1 fully saturated rings. The van der Waals surface area contributed by atoms with Gasteiger partial charge < -0.3 is 5.32 Å². The van der Waals surface area contributed by atoms with Crippen LogP contribution in [0.1, 0.15) is 25.7 Å². The molecule has 1 aromatic rings. The van der Waals surface area contributed by atoms with Gasteiger partial charge in [0.05, 0.1) is 11.4 Å². The van der Waals surface area contributed by atoms with E-state index in [0.29, 0.717) is 0 Å². The zero-order valence-electron chi connectivity index (χ0n) is 9.08. The van der Waals surface area contributed by atoms with Crippen molar-refractivity contribution in [2.75, 3.05) is 11.9 Å². The topological polar surface area (TPSA) is 24.4 Å². The van der Waals surface area contributed by atoms with Crippen molar-refractivity contribution >= 4 is 18.1 Å². The molecule has 2 rings (SSSR count). The van der Waals surface area contributed by atoms with Gasteiger partial charge in [0, 0.05) is 6.54 Å². The maximum Gasteiger partial charge on any atom is 0.0853 e. The van der Waals surface area contributed by atoms with Crippen LogP contribution in [0.5, 0.6) is 0 Å². The zero-order valence-corrected chi connectivity index (χ0v) is 9.08. The van der Waals surface area contributed by atoms with Crippen LogP contribution in [-0.2, 0) is 0 Å². The largest absolute Gasteiger partial charge is 0.383 e. The highest BCUT2D eigenvalue weighted by Crippen LogP contribution is 2.27. The number of hydrogen-bond donors (Lipinski definition) is 1. The molecule has 0 aliphatic heterocycles. The van der Waals surface area contributed by atoms with E-state index < -0.39 is 0 Å². The average molecular weight is 202 g/mol. The lowest BCUT2D eigenvalue weighted by molar-refractivity contribution is 0.580. The highest BCUT2D eigenvalue weighted by atomic mass is 14.9. The summed E-state index contributed by atoms with van der Waals surface area (Å²) >= 11 is 0. The summed E-state index contributed by atoms with van der Waals surface area (Å²) in [4.78, 5) is 4.00. The summed E-state index contributed by atoms with van der Waals surface area (Å²) in [5, 5.41) is 3.47. The summed E-state index contributed by atoms with van der Waals surface area (Å²) in [6.45, 7) is 4.66. The number of aliphatic imine (C=N–C) groups is 1. The number of hydrogen-bond acceptors (Lipinski definition) is 2. The van der Waals surface area contributed by atoms with E-state index in [4.69, 9.17) is 0 Å². The molecule has 0 radical (unpaired) electrons. The van der Waals surface area contributed by atoms with Crippen LogP contribution in [0.15, 0.2) is 29.3 Å². The fraction of sp³-hybridized carbons (Fsp3) is 0.462. The van der Waals surface area contributed by atoms with E-state index in [1.165, 1.54) is 25.7 Å². The molecule has 0 amide bonds. The SMILES string of the molecule is C=Nc1ccccc1NCC1CCCC1. The quantitative estimate of drug-likeness (QED) is 0.741. The van der Waals surface area contributed by atoms with Gasteiger partial charge in [-0.3, -0.25) is 4.99 Å². The molecule has 2 nitrogen and oxygen atoms in total. The van der Waals surface area contributed by atoms with Gasteiger partial charge >= 0.3 is 0 Å². The Balaban J connectivity index is 1.94. The van der Waals surface area contributed by atoms with Gasteiger partial charge in [-0.05, 0) is 37.6 Å².